The lowest BCUT2D eigenvalue weighted by atomic mass is 9.42. The standard InChI is InChI=1S/C51H65NO4/c1-30-8-15-45-49(2,56)42-14-13-37-40-24-44(54)43-25-46(55)50(29-51(43)18-4-7-38(48(40)51)47(37)41(42)28-52(45)27-30)19-16-32(26-50)10-9-31-11-12-34-22-35-6-3-5-33(17-20-53)39(35)23-36(34)21-31/h3-7,11-12,20-23,30,32,37-38,40-48,54-56H,8-10,13-19,24-29H2,1-2H3. The molecule has 3 aromatic rings. The molecule has 0 aromatic heterocycles. The molecule has 2 aliphatic heterocycles. The Morgan fingerprint density at radius 2 is 1.79 bits per heavy atom. The van der Waals surface area contributed by atoms with E-state index in [4.69, 9.17) is 0 Å². The van der Waals surface area contributed by atoms with Crippen LogP contribution in [0.5, 0.6) is 0 Å². The molecule has 298 valence electrons. The molecule has 3 N–H and O–H groups in total. The molecule has 16 atom stereocenters. The molecule has 3 aromatic carbocycles. The van der Waals surface area contributed by atoms with Crippen LogP contribution in [0.2, 0.25) is 0 Å². The van der Waals surface area contributed by atoms with Gasteiger partial charge in [-0.05, 0) is 205 Å². The van der Waals surface area contributed by atoms with E-state index in [1.165, 1.54) is 46.4 Å². The normalized spacial score (nSPS) is 46.6. The Labute approximate surface area is 334 Å². The molecule has 56 heavy (non-hydrogen) atoms. The minimum absolute atomic E-state index is 0.0439. The third kappa shape index (κ3) is 5.35. The SMILES string of the molecule is CC1CCC2N(C1)CC1C3C4C=CCC56CC7(CCC(CCc8ccc9cc%10cccc(CC=O)c%10cc9c8)C7)C(O)CC5C(O)CC(C3CCC1C2(C)O)C46. The lowest BCUT2D eigenvalue weighted by Gasteiger charge is -2.63. The molecule has 2 saturated heterocycles. The van der Waals surface area contributed by atoms with Crippen molar-refractivity contribution in [2.75, 3.05) is 13.1 Å². The van der Waals surface area contributed by atoms with E-state index in [2.05, 4.69) is 79.4 Å². The van der Waals surface area contributed by atoms with Crippen molar-refractivity contribution in [3.8, 4) is 0 Å². The number of aldehydes is 1. The Balaban J connectivity index is 0.848. The van der Waals surface area contributed by atoms with Crippen LogP contribution in [-0.4, -0.2) is 63.4 Å². The zero-order chi connectivity index (χ0) is 38.1. The highest BCUT2D eigenvalue weighted by Crippen LogP contribution is 2.74. The van der Waals surface area contributed by atoms with Gasteiger partial charge in [-0.2, -0.15) is 0 Å². The van der Waals surface area contributed by atoms with Gasteiger partial charge in [0.15, 0.2) is 0 Å². The van der Waals surface area contributed by atoms with E-state index >= 15 is 0 Å². The highest BCUT2D eigenvalue weighted by atomic mass is 16.3. The van der Waals surface area contributed by atoms with Gasteiger partial charge in [0, 0.05) is 25.6 Å². The summed E-state index contributed by atoms with van der Waals surface area (Å²) in [5.74, 6) is 5.36. The van der Waals surface area contributed by atoms with Crippen LogP contribution in [0.15, 0.2) is 60.7 Å². The third-order valence-corrected chi connectivity index (χ3v) is 19.0. The first kappa shape index (κ1) is 36.5. The minimum atomic E-state index is -0.625. The number of aryl methyl sites for hydroxylation is 1. The summed E-state index contributed by atoms with van der Waals surface area (Å²) < 4.78 is 0. The van der Waals surface area contributed by atoms with Crippen LogP contribution in [0, 0.1) is 70.0 Å². The number of rotatable bonds is 5. The molecule has 0 radical (unpaired) electrons. The van der Waals surface area contributed by atoms with E-state index in [-0.39, 0.29) is 29.0 Å². The summed E-state index contributed by atoms with van der Waals surface area (Å²) in [6.07, 6.45) is 20.2. The summed E-state index contributed by atoms with van der Waals surface area (Å²) in [6, 6.07) is 18.1. The fourth-order valence-corrected chi connectivity index (χ4v) is 16.9. The van der Waals surface area contributed by atoms with Gasteiger partial charge in [-0.3, -0.25) is 4.90 Å². The fraction of sp³-hybridized carbons (Fsp3) is 0.667. The first-order chi connectivity index (χ1) is 27.1. The van der Waals surface area contributed by atoms with E-state index in [9.17, 15) is 20.1 Å². The Kier molecular flexibility index (Phi) is 8.62. The molecular formula is C51H65NO4. The molecule has 16 unspecified atom stereocenters. The Morgan fingerprint density at radius 1 is 0.893 bits per heavy atom. The summed E-state index contributed by atoms with van der Waals surface area (Å²) in [4.78, 5) is 14.1. The third-order valence-electron chi connectivity index (χ3n) is 19.0. The van der Waals surface area contributed by atoms with Gasteiger partial charge < -0.3 is 20.1 Å². The van der Waals surface area contributed by atoms with Crippen molar-refractivity contribution in [2.24, 2.45) is 70.0 Å². The molecule has 8 aliphatic rings. The summed E-state index contributed by atoms with van der Waals surface area (Å²) in [7, 11) is 0. The number of nitrogens with zero attached hydrogens (tertiary/aromatic N) is 1. The molecule has 5 saturated carbocycles. The van der Waals surface area contributed by atoms with Crippen LogP contribution in [0.25, 0.3) is 21.5 Å². The number of allylic oxidation sites excluding steroid dienone is 2. The summed E-state index contributed by atoms with van der Waals surface area (Å²) in [5, 5.41) is 41.6. The van der Waals surface area contributed by atoms with Crippen LogP contribution in [-0.2, 0) is 17.6 Å². The van der Waals surface area contributed by atoms with Crippen LogP contribution >= 0.6 is 0 Å². The maximum Gasteiger partial charge on any atom is 0.124 e. The highest BCUT2D eigenvalue weighted by molar-refractivity contribution is 6.00. The van der Waals surface area contributed by atoms with Gasteiger partial charge in [0.1, 0.15) is 6.29 Å². The summed E-state index contributed by atoms with van der Waals surface area (Å²) in [6.45, 7) is 6.88. The Hall–Kier alpha value is -2.57. The van der Waals surface area contributed by atoms with Crippen molar-refractivity contribution in [2.45, 2.75) is 128 Å². The number of piperidine rings is 2. The molecule has 7 fully saturated rings. The lowest BCUT2D eigenvalue weighted by molar-refractivity contribution is -0.189. The van der Waals surface area contributed by atoms with E-state index in [1.807, 2.05) is 0 Å². The fourth-order valence-electron chi connectivity index (χ4n) is 16.9. The maximum atomic E-state index is 12.4. The zero-order valence-electron chi connectivity index (χ0n) is 33.9. The van der Waals surface area contributed by atoms with Crippen molar-refractivity contribution in [1.82, 2.24) is 4.90 Å². The number of benzene rings is 3. The van der Waals surface area contributed by atoms with Crippen molar-refractivity contribution < 1.29 is 20.1 Å². The number of aliphatic hydroxyl groups is 3. The second-order valence-corrected chi connectivity index (χ2v) is 21.5. The van der Waals surface area contributed by atoms with Gasteiger partial charge in [-0.1, -0.05) is 55.5 Å². The smallest absolute Gasteiger partial charge is 0.124 e. The van der Waals surface area contributed by atoms with Crippen LogP contribution in [0.3, 0.4) is 0 Å². The molecule has 0 amide bonds. The van der Waals surface area contributed by atoms with Crippen LogP contribution in [0.1, 0.15) is 102 Å². The molecule has 5 nitrogen and oxygen atoms in total. The number of hydrogen-bond acceptors (Lipinski definition) is 5. The molecule has 2 spiro atoms. The zero-order valence-corrected chi connectivity index (χ0v) is 33.9. The number of hydrogen-bond donors (Lipinski definition) is 3. The molecule has 0 bridgehead atoms. The van der Waals surface area contributed by atoms with E-state index in [1.54, 1.807) is 0 Å². The first-order valence-corrected chi connectivity index (χ1v) is 23.0. The predicted octanol–water partition coefficient (Wildman–Crippen LogP) is 8.92. The van der Waals surface area contributed by atoms with E-state index in [0.29, 0.717) is 65.7 Å². The molecule has 2 heterocycles. The maximum absolute atomic E-state index is 12.4. The van der Waals surface area contributed by atoms with Crippen molar-refractivity contribution in [3.05, 3.63) is 71.8 Å². The molecule has 6 aliphatic carbocycles. The number of carbonyl (C=O) groups is 1. The summed E-state index contributed by atoms with van der Waals surface area (Å²) >= 11 is 0. The quantitative estimate of drug-likeness (QED) is 0.138. The number of fused-ring (bicyclic) bond motifs is 8. The van der Waals surface area contributed by atoms with E-state index in [0.717, 1.165) is 89.1 Å². The first-order valence-electron chi connectivity index (χ1n) is 23.0. The second kappa shape index (κ2) is 13.2. The van der Waals surface area contributed by atoms with Crippen molar-refractivity contribution in [3.63, 3.8) is 0 Å². The van der Waals surface area contributed by atoms with Gasteiger partial charge in [0.25, 0.3) is 0 Å². The Bertz CT molecular complexity index is 2060. The molecule has 11 rings (SSSR count). The predicted molar refractivity (Wildman–Crippen MR) is 223 cm³/mol. The van der Waals surface area contributed by atoms with Gasteiger partial charge in [0.05, 0.1) is 17.8 Å². The highest BCUT2D eigenvalue weighted by Gasteiger charge is 2.71. The van der Waals surface area contributed by atoms with Gasteiger partial charge in [-0.25, -0.2) is 0 Å². The van der Waals surface area contributed by atoms with Crippen LogP contribution < -0.4 is 0 Å². The van der Waals surface area contributed by atoms with E-state index < -0.39 is 5.60 Å². The second-order valence-electron chi connectivity index (χ2n) is 21.5. The van der Waals surface area contributed by atoms with Crippen molar-refractivity contribution >= 4 is 27.8 Å². The summed E-state index contributed by atoms with van der Waals surface area (Å²) in [5.41, 5.74) is 1.88. The van der Waals surface area contributed by atoms with Gasteiger partial charge in [-0.15, -0.1) is 0 Å². The largest absolute Gasteiger partial charge is 0.393 e. The number of aliphatic hydroxyl groups excluding tert-OH is 2. The lowest BCUT2D eigenvalue weighted by Crippen LogP contribution is -2.67. The minimum Gasteiger partial charge on any atom is -0.393 e. The Morgan fingerprint density at radius 3 is 2.66 bits per heavy atom. The van der Waals surface area contributed by atoms with Gasteiger partial charge >= 0.3 is 0 Å². The number of carbonyl (C=O) groups excluding carboxylic acids is 1. The van der Waals surface area contributed by atoms with Gasteiger partial charge in [0.2, 0.25) is 0 Å². The average Bonchev–Trinajstić information content (AvgIpc) is 3.74. The van der Waals surface area contributed by atoms with Crippen molar-refractivity contribution in [1.29, 1.82) is 0 Å². The molecule has 5 heteroatoms. The molecular weight excluding hydrogens is 691 g/mol. The monoisotopic (exact) mass is 755 g/mol. The average molecular weight is 756 g/mol. The van der Waals surface area contributed by atoms with Crippen LogP contribution in [0.4, 0.5) is 0 Å². The topological polar surface area (TPSA) is 81.0 Å².